The van der Waals surface area contributed by atoms with Gasteiger partial charge in [0.1, 0.15) is 30.1 Å². The number of methoxy groups -OCH3 is 3. The van der Waals surface area contributed by atoms with Crippen LogP contribution >= 0.6 is 0 Å². The third-order valence-corrected chi connectivity index (χ3v) is 14.6. The summed E-state index contributed by atoms with van der Waals surface area (Å²) in [4.78, 5) is 87.9. The summed E-state index contributed by atoms with van der Waals surface area (Å²) < 4.78 is 29.4. The van der Waals surface area contributed by atoms with Gasteiger partial charge in [-0.15, -0.1) is 4.91 Å². The van der Waals surface area contributed by atoms with E-state index in [-0.39, 0.29) is 48.7 Å². The van der Waals surface area contributed by atoms with Gasteiger partial charge in [-0.3, -0.25) is 19.2 Å². The summed E-state index contributed by atoms with van der Waals surface area (Å²) in [6.45, 7) is 12.6. The van der Waals surface area contributed by atoms with Crippen LogP contribution in [0.1, 0.15) is 126 Å². The Labute approximate surface area is 397 Å². The smallest absolute Gasteiger partial charge is 0.329 e. The van der Waals surface area contributed by atoms with Crippen LogP contribution in [0.25, 0.3) is 0 Å². The number of hydrogen-bond donors (Lipinski definition) is 2. The van der Waals surface area contributed by atoms with E-state index in [0.717, 1.165) is 5.57 Å². The van der Waals surface area contributed by atoms with Crippen LogP contribution in [0.3, 0.4) is 0 Å². The summed E-state index contributed by atoms with van der Waals surface area (Å²) in [5, 5.41) is 26.0. The van der Waals surface area contributed by atoms with Crippen molar-refractivity contribution in [1.29, 1.82) is 0 Å². The van der Waals surface area contributed by atoms with E-state index in [9.17, 15) is 39.1 Å². The van der Waals surface area contributed by atoms with E-state index in [4.69, 9.17) is 28.5 Å². The van der Waals surface area contributed by atoms with Crippen molar-refractivity contribution in [2.45, 2.75) is 180 Å². The molecule has 4 aliphatic rings. The summed E-state index contributed by atoms with van der Waals surface area (Å²) in [5.41, 5.74) is 1.24. The first-order valence-electron chi connectivity index (χ1n) is 24.3. The lowest BCUT2D eigenvalue weighted by atomic mass is 9.78. The van der Waals surface area contributed by atoms with Crippen molar-refractivity contribution in [3.8, 4) is 0 Å². The Morgan fingerprint density at radius 2 is 1.60 bits per heavy atom. The number of hydrogen-bond acceptors (Lipinski definition) is 15. The van der Waals surface area contributed by atoms with Crippen molar-refractivity contribution in [2.24, 2.45) is 40.8 Å². The largest absolute Gasteiger partial charge is 0.460 e. The molecule has 0 aromatic carbocycles. The number of carbonyl (C=O) groups is 5. The Balaban J connectivity index is 1.70. The number of aliphatic hydroxyl groups excluding tert-OH is 1. The minimum Gasteiger partial charge on any atom is -0.460 e. The van der Waals surface area contributed by atoms with E-state index >= 15 is 0 Å². The molecular weight excluding hydrogens is 865 g/mol. The topological polar surface area (TPSA) is 214 Å². The number of amides is 1. The Morgan fingerprint density at radius 1 is 0.866 bits per heavy atom. The SMILES string of the molecule is CO[C@H]1C[C@@H]2CC[C@@H](C)[C@@](O)(O2)C(=O)C(=O)N2CCCC[C@H]2C(=O)OC([C@H](C)C[C@@H]2CC[C@@H](ON=O)[C@H](OC)C2)CC(=O)[C@H](C)/C=C(\C)[C@@H](O)[C@@H](OC)C(=O)[C@H](C)C[C@H](C)/C=C/C=CC=C1C. The second-order valence-corrected chi connectivity index (χ2v) is 19.7. The van der Waals surface area contributed by atoms with Crippen LogP contribution in [0.4, 0.5) is 0 Å². The molecule has 4 rings (SSSR count). The van der Waals surface area contributed by atoms with Gasteiger partial charge < -0.3 is 43.6 Å². The van der Waals surface area contributed by atoms with E-state index in [1.54, 1.807) is 40.9 Å². The van der Waals surface area contributed by atoms with Crippen molar-refractivity contribution < 1.29 is 62.7 Å². The molecule has 16 heteroatoms. The molecule has 3 heterocycles. The van der Waals surface area contributed by atoms with Crippen LogP contribution < -0.4 is 0 Å². The molecule has 1 amide bonds. The van der Waals surface area contributed by atoms with Crippen LogP contribution in [0.15, 0.2) is 52.9 Å². The van der Waals surface area contributed by atoms with Gasteiger partial charge in [0, 0.05) is 58.5 Å². The molecule has 1 saturated carbocycles. The summed E-state index contributed by atoms with van der Waals surface area (Å²) >= 11 is 0. The zero-order valence-corrected chi connectivity index (χ0v) is 41.4. The molecular formula is C51H78N2O14. The zero-order chi connectivity index (χ0) is 49.6. The number of ketones is 3. The van der Waals surface area contributed by atoms with E-state index in [2.05, 4.69) is 5.34 Å². The molecule has 1 unspecified atom stereocenters. The molecule has 15 atom stereocenters. The lowest BCUT2D eigenvalue weighted by molar-refractivity contribution is -0.265. The quantitative estimate of drug-likeness (QED) is 0.0835. The zero-order valence-electron chi connectivity index (χ0n) is 41.4. The molecule has 2 bridgehead atoms. The summed E-state index contributed by atoms with van der Waals surface area (Å²) in [5.74, 6) is -8.23. The molecule has 0 aromatic rings. The van der Waals surface area contributed by atoms with Gasteiger partial charge in [-0.1, -0.05) is 71.1 Å². The van der Waals surface area contributed by atoms with Crippen LogP contribution in [0.5, 0.6) is 0 Å². The maximum absolute atomic E-state index is 14.4. The van der Waals surface area contributed by atoms with E-state index < -0.39 is 90.0 Å². The number of piperidine rings is 1. The Kier molecular flexibility index (Phi) is 21.7. The number of fused-ring (bicyclic) bond motifs is 3. The highest BCUT2D eigenvalue weighted by Crippen LogP contribution is 2.38. The van der Waals surface area contributed by atoms with Crippen molar-refractivity contribution >= 4 is 29.2 Å². The van der Waals surface area contributed by atoms with E-state index in [1.807, 2.05) is 51.2 Å². The first-order chi connectivity index (χ1) is 31.8. The fourth-order valence-corrected chi connectivity index (χ4v) is 10.3. The predicted octanol–water partition coefficient (Wildman–Crippen LogP) is 6.89. The van der Waals surface area contributed by atoms with Crippen molar-refractivity contribution in [1.82, 2.24) is 4.90 Å². The fraction of sp³-hybridized carbons (Fsp3) is 0.745. The standard InChI is InChI=1S/C51H78N2O14/c1-30-16-12-11-13-17-31(2)42(62-8)28-38-21-19-36(7)51(60,66-38)48(57)49(58)53-23-15-14-18-39(53)50(59)65-43(33(4)26-37-20-22-41(67-52-61)44(27-37)63-9)29-40(54)32(3)25-35(6)46(56)47(64-10)45(55)34(5)24-30/h11-13,16-17,25,30,32-34,36-39,41-44,46-47,56,60H,14-15,18-24,26-29H2,1-10H3/b13-11?,16-12+,31-17?,35-25+/t30-,32-,33-,34-,36-,37+,38+,39+,41-,42+,43?,44-,46-,47+,51-/m1/s1. The monoisotopic (exact) mass is 943 g/mol. The minimum atomic E-state index is -2.44. The highest BCUT2D eigenvalue weighted by Gasteiger charge is 2.53. The number of allylic oxidation sites excluding steroid dienone is 6. The molecule has 3 aliphatic heterocycles. The molecule has 1 aliphatic carbocycles. The van der Waals surface area contributed by atoms with Gasteiger partial charge in [-0.05, 0) is 107 Å². The number of Topliss-reactive ketones (excluding diaryl/α,β-unsaturated/α-hetero) is 3. The fourth-order valence-electron chi connectivity index (χ4n) is 10.3. The minimum absolute atomic E-state index is 0.00922. The molecule has 376 valence electrons. The second-order valence-electron chi connectivity index (χ2n) is 19.7. The maximum Gasteiger partial charge on any atom is 0.329 e. The molecule has 0 aromatic heterocycles. The van der Waals surface area contributed by atoms with Crippen LogP contribution in [-0.2, 0) is 52.5 Å². The lowest BCUT2D eigenvalue weighted by Crippen LogP contribution is -2.61. The van der Waals surface area contributed by atoms with Gasteiger partial charge in [0.15, 0.2) is 17.2 Å². The Morgan fingerprint density at radius 3 is 2.27 bits per heavy atom. The van der Waals surface area contributed by atoms with Crippen LogP contribution in [-0.4, -0.2) is 127 Å². The number of nitrogens with zero attached hydrogens (tertiary/aromatic N) is 2. The summed E-state index contributed by atoms with van der Waals surface area (Å²) in [7, 11) is 4.48. The maximum atomic E-state index is 14.4. The van der Waals surface area contributed by atoms with Crippen molar-refractivity contribution in [3.05, 3.63) is 52.5 Å². The third kappa shape index (κ3) is 14.8. The highest BCUT2D eigenvalue weighted by atomic mass is 16.7. The highest BCUT2D eigenvalue weighted by molar-refractivity contribution is 6.39. The molecule has 3 fully saturated rings. The number of aliphatic hydroxyl groups is 2. The number of rotatable bonds is 8. The molecule has 0 spiro atoms. The first kappa shape index (κ1) is 55.7. The van der Waals surface area contributed by atoms with Gasteiger partial charge in [0.2, 0.25) is 5.79 Å². The number of cyclic esters (lactones) is 1. The van der Waals surface area contributed by atoms with Gasteiger partial charge in [0.25, 0.3) is 11.7 Å². The number of ether oxygens (including phenoxy) is 5. The van der Waals surface area contributed by atoms with E-state index in [0.29, 0.717) is 69.8 Å². The molecule has 2 saturated heterocycles. The second kappa shape index (κ2) is 26.2. The third-order valence-electron chi connectivity index (χ3n) is 14.6. The molecule has 0 radical (unpaired) electrons. The van der Waals surface area contributed by atoms with Gasteiger partial charge in [-0.25, -0.2) is 4.79 Å². The Bertz CT molecular complexity index is 1830. The normalized spacial score (nSPS) is 38.2. The predicted molar refractivity (Wildman–Crippen MR) is 250 cm³/mol. The average molecular weight is 943 g/mol. The molecule has 67 heavy (non-hydrogen) atoms. The van der Waals surface area contributed by atoms with Crippen LogP contribution in [0.2, 0.25) is 0 Å². The Hall–Kier alpha value is -3.93. The first-order valence-corrected chi connectivity index (χ1v) is 24.3. The number of carbonyl (C=O) groups excluding carboxylic acids is 5. The lowest BCUT2D eigenvalue weighted by Gasteiger charge is -2.42. The number of esters is 1. The van der Waals surface area contributed by atoms with Crippen molar-refractivity contribution in [2.75, 3.05) is 27.9 Å². The van der Waals surface area contributed by atoms with Gasteiger partial charge >= 0.3 is 5.97 Å². The van der Waals surface area contributed by atoms with Gasteiger partial charge in [-0.2, -0.15) is 0 Å². The molecule has 2 N–H and O–H groups in total. The average Bonchev–Trinajstić information content (AvgIpc) is 3.30. The van der Waals surface area contributed by atoms with Crippen molar-refractivity contribution in [3.63, 3.8) is 0 Å². The van der Waals surface area contributed by atoms with Crippen LogP contribution in [0, 0.1) is 40.4 Å². The molecule has 16 nitrogen and oxygen atoms in total. The summed E-state index contributed by atoms with van der Waals surface area (Å²) in [6.07, 6.45) is 10.8. The summed E-state index contributed by atoms with van der Waals surface area (Å²) in [6, 6.07) is -1.16. The van der Waals surface area contributed by atoms with E-state index in [1.165, 1.54) is 19.1 Å². The van der Waals surface area contributed by atoms with Gasteiger partial charge in [0.05, 0.1) is 18.3 Å².